The number of amides is 3. The van der Waals surface area contributed by atoms with Crippen LogP contribution < -0.4 is 10.1 Å². The van der Waals surface area contributed by atoms with Crippen LogP contribution in [0.25, 0.3) is 0 Å². The van der Waals surface area contributed by atoms with Gasteiger partial charge in [0.25, 0.3) is 11.8 Å². The van der Waals surface area contributed by atoms with Gasteiger partial charge in [-0.05, 0) is 77.8 Å². The molecule has 3 rings (SSSR count). The lowest BCUT2D eigenvalue weighted by molar-refractivity contribution is 0.0505. The van der Waals surface area contributed by atoms with E-state index in [4.69, 9.17) is 9.47 Å². The van der Waals surface area contributed by atoms with Gasteiger partial charge in [0.15, 0.2) is 0 Å². The molecule has 1 aliphatic rings. The first-order valence-electron chi connectivity index (χ1n) is 11.4. The van der Waals surface area contributed by atoms with E-state index >= 15 is 0 Å². The molecule has 3 amide bonds. The number of ether oxygens (including phenoxy) is 2. The van der Waals surface area contributed by atoms with Gasteiger partial charge in [0.2, 0.25) is 0 Å². The zero-order valence-corrected chi connectivity index (χ0v) is 20.2. The number of imide groups is 1. The van der Waals surface area contributed by atoms with Crippen LogP contribution in [0.3, 0.4) is 0 Å². The van der Waals surface area contributed by atoms with Crippen molar-refractivity contribution in [1.82, 2.24) is 10.2 Å². The molecule has 2 aromatic carbocycles. The van der Waals surface area contributed by atoms with Gasteiger partial charge in [-0.25, -0.2) is 9.18 Å². The third kappa shape index (κ3) is 6.12. The highest BCUT2D eigenvalue weighted by Crippen LogP contribution is 2.28. The van der Waals surface area contributed by atoms with E-state index in [1.165, 1.54) is 23.1 Å². The number of hydrogen-bond acceptors (Lipinski definition) is 5. The largest absolute Gasteiger partial charge is 0.490 e. The molecule has 1 heterocycles. The fourth-order valence-electron chi connectivity index (χ4n) is 3.78. The molecule has 1 aliphatic heterocycles. The van der Waals surface area contributed by atoms with Crippen LogP contribution in [0.4, 0.5) is 9.18 Å². The van der Waals surface area contributed by atoms with Crippen molar-refractivity contribution in [2.45, 2.75) is 65.2 Å². The van der Waals surface area contributed by atoms with Crippen LogP contribution in [0.2, 0.25) is 0 Å². The Labute approximate surface area is 199 Å². The van der Waals surface area contributed by atoms with Crippen LogP contribution in [0.15, 0.2) is 42.5 Å². The maximum absolute atomic E-state index is 13.9. The zero-order valence-electron chi connectivity index (χ0n) is 20.2. The zero-order chi connectivity index (χ0) is 25.0. The van der Waals surface area contributed by atoms with E-state index in [2.05, 4.69) is 5.32 Å². The second-order valence-electron chi connectivity index (χ2n) is 9.43. The normalized spacial score (nSPS) is 15.1. The van der Waals surface area contributed by atoms with Gasteiger partial charge >= 0.3 is 6.09 Å². The lowest BCUT2D eigenvalue weighted by Gasteiger charge is -2.24. The number of nitrogens with zero attached hydrogens (tertiary/aromatic N) is 1. The predicted octanol–water partition coefficient (Wildman–Crippen LogP) is 5.26. The molecular formula is C26H31FN2O5. The highest BCUT2D eigenvalue weighted by molar-refractivity contribution is 6.21. The summed E-state index contributed by atoms with van der Waals surface area (Å²) in [4.78, 5) is 38.4. The molecule has 1 N–H and O–H groups in total. The number of carbonyl (C=O) groups excluding carboxylic acids is 3. The monoisotopic (exact) mass is 470 g/mol. The second kappa shape index (κ2) is 10.2. The first-order valence-corrected chi connectivity index (χ1v) is 11.4. The van der Waals surface area contributed by atoms with Crippen molar-refractivity contribution in [3.8, 4) is 5.75 Å². The van der Waals surface area contributed by atoms with Crippen LogP contribution in [0, 0.1) is 5.82 Å². The molecular weight excluding hydrogens is 439 g/mol. The van der Waals surface area contributed by atoms with Gasteiger partial charge in [0.05, 0.1) is 23.3 Å². The summed E-state index contributed by atoms with van der Waals surface area (Å²) in [7, 11) is 0. The molecule has 2 unspecified atom stereocenters. The molecule has 0 aliphatic carbocycles. The average molecular weight is 471 g/mol. The van der Waals surface area contributed by atoms with Crippen LogP contribution in [-0.4, -0.2) is 41.1 Å². The highest BCUT2D eigenvalue weighted by atomic mass is 19.1. The van der Waals surface area contributed by atoms with Gasteiger partial charge in [0, 0.05) is 12.1 Å². The minimum atomic E-state index is -0.654. The van der Waals surface area contributed by atoms with Gasteiger partial charge in [-0.1, -0.05) is 12.1 Å². The third-order valence-electron chi connectivity index (χ3n) is 5.37. The Kier molecular flexibility index (Phi) is 7.59. The average Bonchev–Trinajstić information content (AvgIpc) is 2.98. The molecule has 2 atom stereocenters. The minimum Gasteiger partial charge on any atom is -0.490 e. The molecule has 0 fully saturated rings. The van der Waals surface area contributed by atoms with E-state index in [9.17, 15) is 18.8 Å². The lowest BCUT2D eigenvalue weighted by atomic mass is 10.1. The summed E-state index contributed by atoms with van der Waals surface area (Å²) in [5.74, 6) is -0.564. The molecule has 8 heteroatoms. The fraction of sp³-hybridized carbons (Fsp3) is 0.423. The Morgan fingerprint density at radius 3 is 2.26 bits per heavy atom. The third-order valence-corrected chi connectivity index (χ3v) is 5.37. The summed E-state index contributed by atoms with van der Waals surface area (Å²) in [6.45, 7) is 9.15. The molecule has 7 nitrogen and oxygen atoms in total. The maximum atomic E-state index is 13.9. The summed E-state index contributed by atoms with van der Waals surface area (Å²) < 4.78 is 25.3. The maximum Gasteiger partial charge on any atom is 0.408 e. The smallest absolute Gasteiger partial charge is 0.408 e. The molecule has 0 bridgehead atoms. The summed E-state index contributed by atoms with van der Waals surface area (Å²) in [6.07, 6.45) is 0.241. The van der Waals surface area contributed by atoms with Crippen molar-refractivity contribution in [3.05, 3.63) is 65.0 Å². The lowest BCUT2D eigenvalue weighted by Crippen LogP contribution is -2.34. The molecule has 0 saturated carbocycles. The topological polar surface area (TPSA) is 84.9 Å². The first-order chi connectivity index (χ1) is 16.0. The number of benzene rings is 2. The van der Waals surface area contributed by atoms with Crippen LogP contribution in [0.1, 0.15) is 79.8 Å². The standard InChI is InChI=1S/C26H31FN2O5/c1-16(9-8-14-29-23(30)19-10-6-7-11-20(19)24(29)31)33-22-13-12-18(27)15-21(22)17(2)28-25(32)34-26(3,4)5/h6-7,10-13,15-17H,8-9,14H2,1-5H3,(H,28,32). The van der Waals surface area contributed by atoms with Crippen molar-refractivity contribution in [2.75, 3.05) is 6.54 Å². The quantitative estimate of drug-likeness (QED) is 0.533. The number of alkyl carbamates (subject to hydrolysis) is 1. The Balaban J connectivity index is 1.58. The molecule has 0 radical (unpaired) electrons. The first kappa shape index (κ1) is 25.2. The Morgan fingerprint density at radius 1 is 1.06 bits per heavy atom. The summed E-state index contributed by atoms with van der Waals surface area (Å²) >= 11 is 0. The number of carbonyl (C=O) groups is 3. The van der Waals surface area contributed by atoms with Crippen molar-refractivity contribution in [2.24, 2.45) is 0 Å². The Bertz CT molecular complexity index is 1040. The SMILES string of the molecule is CC(CCCN1C(=O)c2ccccc2C1=O)Oc1ccc(F)cc1C(C)NC(=O)OC(C)(C)C. The molecule has 0 spiro atoms. The van der Waals surface area contributed by atoms with Crippen molar-refractivity contribution in [3.63, 3.8) is 0 Å². The van der Waals surface area contributed by atoms with Crippen molar-refractivity contribution in [1.29, 1.82) is 0 Å². The van der Waals surface area contributed by atoms with Crippen LogP contribution in [-0.2, 0) is 4.74 Å². The minimum absolute atomic E-state index is 0.270. The number of nitrogens with one attached hydrogen (secondary N) is 1. The number of hydrogen-bond donors (Lipinski definition) is 1. The predicted molar refractivity (Wildman–Crippen MR) is 125 cm³/mol. The number of rotatable bonds is 8. The molecule has 0 aromatic heterocycles. The summed E-state index contributed by atoms with van der Waals surface area (Å²) in [5.41, 5.74) is 0.690. The van der Waals surface area contributed by atoms with Crippen LogP contribution >= 0.6 is 0 Å². The number of halogens is 1. The fourth-order valence-corrected chi connectivity index (χ4v) is 3.78. The van der Waals surface area contributed by atoms with Gasteiger partial charge in [-0.15, -0.1) is 0 Å². The number of fused-ring (bicyclic) bond motifs is 1. The van der Waals surface area contributed by atoms with Crippen molar-refractivity contribution < 1.29 is 28.2 Å². The Hall–Kier alpha value is -3.42. The van der Waals surface area contributed by atoms with Gasteiger partial charge < -0.3 is 14.8 Å². The van der Waals surface area contributed by atoms with Gasteiger partial charge in [-0.3, -0.25) is 14.5 Å². The second-order valence-corrected chi connectivity index (χ2v) is 9.43. The van der Waals surface area contributed by atoms with E-state index in [-0.39, 0.29) is 24.5 Å². The molecule has 182 valence electrons. The summed E-state index contributed by atoms with van der Waals surface area (Å²) in [6, 6.07) is 10.4. The van der Waals surface area contributed by atoms with E-state index in [1.54, 1.807) is 52.0 Å². The van der Waals surface area contributed by atoms with E-state index in [1.807, 2.05) is 6.92 Å². The van der Waals surface area contributed by atoms with Crippen LogP contribution in [0.5, 0.6) is 5.75 Å². The summed E-state index contributed by atoms with van der Waals surface area (Å²) in [5, 5.41) is 2.70. The van der Waals surface area contributed by atoms with Gasteiger partial charge in [0.1, 0.15) is 17.2 Å². The molecule has 2 aromatic rings. The Morgan fingerprint density at radius 2 is 1.68 bits per heavy atom. The molecule has 0 saturated heterocycles. The molecule has 34 heavy (non-hydrogen) atoms. The van der Waals surface area contributed by atoms with Crippen molar-refractivity contribution >= 4 is 17.9 Å². The van der Waals surface area contributed by atoms with Gasteiger partial charge in [-0.2, -0.15) is 0 Å². The van der Waals surface area contributed by atoms with E-state index < -0.39 is 23.6 Å². The van der Waals surface area contributed by atoms with E-state index in [0.29, 0.717) is 35.3 Å². The highest BCUT2D eigenvalue weighted by Gasteiger charge is 2.34. The van der Waals surface area contributed by atoms with E-state index in [0.717, 1.165) is 0 Å².